The molecule has 1 amide bonds. The van der Waals surface area contributed by atoms with Gasteiger partial charge in [0, 0.05) is 30.5 Å². The molecule has 2 fully saturated rings. The normalized spacial score (nSPS) is 19.3. The van der Waals surface area contributed by atoms with Crippen LogP contribution in [0.1, 0.15) is 42.5 Å². The van der Waals surface area contributed by atoms with Gasteiger partial charge in [0.2, 0.25) is 0 Å². The second-order valence-corrected chi connectivity index (χ2v) is 5.57. The summed E-state index contributed by atoms with van der Waals surface area (Å²) in [7, 11) is 0. The number of nitrogen functional groups attached to an aromatic ring is 1. The zero-order valence-electron chi connectivity index (χ0n) is 11.2. The highest BCUT2D eigenvalue weighted by molar-refractivity contribution is 6.00. The quantitative estimate of drug-likeness (QED) is 0.818. The van der Waals surface area contributed by atoms with Gasteiger partial charge in [-0.2, -0.15) is 0 Å². The van der Waals surface area contributed by atoms with E-state index in [0.29, 0.717) is 17.3 Å². The summed E-state index contributed by atoms with van der Waals surface area (Å²) < 4.78 is 0. The Kier molecular flexibility index (Phi) is 3.32. The molecule has 2 aliphatic rings. The highest BCUT2D eigenvalue weighted by Gasteiger charge is 2.25. The van der Waals surface area contributed by atoms with Gasteiger partial charge in [0.05, 0.1) is 5.56 Å². The summed E-state index contributed by atoms with van der Waals surface area (Å²) in [6.45, 7) is 2.15. The molecule has 3 rings (SSSR count). The lowest BCUT2D eigenvalue weighted by Crippen LogP contribution is -2.30. The molecule has 1 aromatic carbocycles. The Morgan fingerprint density at radius 1 is 1.21 bits per heavy atom. The molecule has 1 aromatic rings. The maximum atomic E-state index is 12.1. The number of rotatable bonds is 3. The fourth-order valence-corrected chi connectivity index (χ4v) is 2.58. The first-order valence-electron chi connectivity index (χ1n) is 7.19. The van der Waals surface area contributed by atoms with E-state index in [2.05, 4.69) is 10.2 Å². The minimum absolute atomic E-state index is 0.0288. The van der Waals surface area contributed by atoms with Crippen molar-refractivity contribution >= 4 is 17.3 Å². The predicted octanol–water partition coefficient (Wildman–Crippen LogP) is 2.15. The molecule has 0 spiro atoms. The third-order valence-electron chi connectivity index (χ3n) is 3.92. The van der Waals surface area contributed by atoms with Crippen LogP contribution >= 0.6 is 0 Å². The van der Waals surface area contributed by atoms with Crippen molar-refractivity contribution in [3.05, 3.63) is 23.8 Å². The third-order valence-corrected chi connectivity index (χ3v) is 3.92. The average molecular weight is 259 g/mol. The van der Waals surface area contributed by atoms with E-state index in [4.69, 9.17) is 5.73 Å². The maximum absolute atomic E-state index is 12.1. The Hall–Kier alpha value is -1.71. The number of nitrogens with one attached hydrogen (secondary N) is 1. The number of benzene rings is 1. The summed E-state index contributed by atoms with van der Waals surface area (Å²) in [5.41, 5.74) is 8.25. The molecule has 0 radical (unpaired) electrons. The molecule has 0 aromatic heterocycles. The van der Waals surface area contributed by atoms with Crippen LogP contribution in [0.2, 0.25) is 0 Å². The molecule has 1 aliphatic carbocycles. The second kappa shape index (κ2) is 5.11. The summed E-state index contributed by atoms with van der Waals surface area (Å²) in [4.78, 5) is 14.5. The Morgan fingerprint density at radius 3 is 2.63 bits per heavy atom. The van der Waals surface area contributed by atoms with E-state index in [1.807, 2.05) is 18.2 Å². The van der Waals surface area contributed by atoms with E-state index in [0.717, 1.165) is 31.6 Å². The number of carbonyl (C=O) groups excluding carboxylic acids is 1. The molecule has 3 N–H and O–H groups in total. The molecule has 4 heteroatoms. The molecular weight excluding hydrogens is 238 g/mol. The van der Waals surface area contributed by atoms with Gasteiger partial charge in [0.1, 0.15) is 0 Å². The fraction of sp³-hybridized carbons (Fsp3) is 0.533. The number of hydrogen-bond acceptors (Lipinski definition) is 3. The summed E-state index contributed by atoms with van der Waals surface area (Å²) in [6, 6.07) is 6.18. The fourth-order valence-electron chi connectivity index (χ4n) is 2.58. The Labute approximate surface area is 114 Å². The largest absolute Gasteiger partial charge is 0.398 e. The molecule has 4 nitrogen and oxygen atoms in total. The van der Waals surface area contributed by atoms with Crippen LogP contribution in [0, 0.1) is 0 Å². The van der Waals surface area contributed by atoms with Gasteiger partial charge in [-0.15, -0.1) is 0 Å². The van der Waals surface area contributed by atoms with Gasteiger partial charge >= 0.3 is 0 Å². The number of hydrogen-bond donors (Lipinski definition) is 2. The Bertz CT molecular complexity index is 476. The second-order valence-electron chi connectivity index (χ2n) is 5.57. The van der Waals surface area contributed by atoms with Gasteiger partial charge in [0.15, 0.2) is 0 Å². The first-order valence-corrected chi connectivity index (χ1v) is 7.19. The molecule has 19 heavy (non-hydrogen) atoms. The van der Waals surface area contributed by atoms with Gasteiger partial charge < -0.3 is 16.0 Å². The monoisotopic (exact) mass is 259 g/mol. The number of nitrogens with two attached hydrogens (primary N) is 1. The van der Waals surface area contributed by atoms with E-state index in [9.17, 15) is 4.79 Å². The number of nitrogens with zero attached hydrogens (tertiary/aromatic N) is 1. The zero-order valence-corrected chi connectivity index (χ0v) is 11.2. The van der Waals surface area contributed by atoms with E-state index >= 15 is 0 Å². The van der Waals surface area contributed by atoms with E-state index < -0.39 is 0 Å². The number of anilines is 2. The first kappa shape index (κ1) is 12.3. The van der Waals surface area contributed by atoms with Crippen LogP contribution in [0.4, 0.5) is 11.4 Å². The van der Waals surface area contributed by atoms with Crippen molar-refractivity contribution in [2.75, 3.05) is 23.7 Å². The topological polar surface area (TPSA) is 58.4 Å². The van der Waals surface area contributed by atoms with Crippen molar-refractivity contribution in [1.82, 2.24) is 5.32 Å². The predicted molar refractivity (Wildman–Crippen MR) is 77.4 cm³/mol. The Morgan fingerprint density at radius 2 is 1.95 bits per heavy atom. The van der Waals surface area contributed by atoms with E-state index in [1.54, 1.807) is 0 Å². The highest BCUT2D eigenvalue weighted by Crippen LogP contribution is 2.25. The summed E-state index contributed by atoms with van der Waals surface area (Å²) in [6.07, 6.45) is 5.96. The minimum atomic E-state index is -0.0288. The molecule has 102 valence electrons. The summed E-state index contributed by atoms with van der Waals surface area (Å²) in [5, 5.41) is 3.00. The van der Waals surface area contributed by atoms with Crippen LogP contribution in [-0.2, 0) is 0 Å². The van der Waals surface area contributed by atoms with Gasteiger partial charge in [0.25, 0.3) is 5.91 Å². The Balaban J connectivity index is 1.79. The summed E-state index contributed by atoms with van der Waals surface area (Å²) >= 11 is 0. The first-order chi connectivity index (χ1) is 9.24. The smallest absolute Gasteiger partial charge is 0.253 e. The molecule has 0 unspecified atom stereocenters. The average Bonchev–Trinajstić information content (AvgIpc) is 3.24. The van der Waals surface area contributed by atoms with Crippen LogP contribution in [0.5, 0.6) is 0 Å². The third kappa shape index (κ3) is 2.83. The molecule has 1 heterocycles. The van der Waals surface area contributed by atoms with Crippen molar-refractivity contribution in [2.45, 2.75) is 38.1 Å². The number of carbonyl (C=O) groups is 1. The van der Waals surface area contributed by atoms with Crippen molar-refractivity contribution < 1.29 is 4.79 Å². The molecule has 0 atom stereocenters. The van der Waals surface area contributed by atoms with Gasteiger partial charge in [-0.1, -0.05) is 0 Å². The van der Waals surface area contributed by atoms with E-state index in [1.165, 1.54) is 19.3 Å². The van der Waals surface area contributed by atoms with Crippen molar-refractivity contribution in [3.63, 3.8) is 0 Å². The SMILES string of the molecule is Nc1ccc(N2CCCCC2)cc1C(=O)NC1CC1. The molecule has 1 saturated carbocycles. The molecular formula is C15H21N3O. The molecule has 1 aliphatic heterocycles. The van der Waals surface area contributed by atoms with Crippen molar-refractivity contribution in [2.24, 2.45) is 0 Å². The highest BCUT2D eigenvalue weighted by atomic mass is 16.1. The lowest BCUT2D eigenvalue weighted by molar-refractivity contribution is 0.0952. The van der Waals surface area contributed by atoms with Crippen LogP contribution < -0.4 is 16.0 Å². The van der Waals surface area contributed by atoms with Crippen LogP contribution in [0.3, 0.4) is 0 Å². The summed E-state index contributed by atoms with van der Waals surface area (Å²) in [5.74, 6) is -0.0288. The van der Waals surface area contributed by atoms with Crippen molar-refractivity contribution in [1.29, 1.82) is 0 Å². The van der Waals surface area contributed by atoms with Crippen LogP contribution in [0.25, 0.3) is 0 Å². The lowest BCUT2D eigenvalue weighted by atomic mass is 10.1. The van der Waals surface area contributed by atoms with Crippen molar-refractivity contribution in [3.8, 4) is 0 Å². The maximum Gasteiger partial charge on any atom is 0.253 e. The molecule has 0 bridgehead atoms. The van der Waals surface area contributed by atoms with Gasteiger partial charge in [-0.3, -0.25) is 4.79 Å². The van der Waals surface area contributed by atoms with Gasteiger partial charge in [-0.25, -0.2) is 0 Å². The minimum Gasteiger partial charge on any atom is -0.398 e. The van der Waals surface area contributed by atoms with E-state index in [-0.39, 0.29) is 5.91 Å². The number of amides is 1. The lowest BCUT2D eigenvalue weighted by Gasteiger charge is -2.29. The zero-order chi connectivity index (χ0) is 13.2. The van der Waals surface area contributed by atoms with Crippen LogP contribution in [-0.4, -0.2) is 25.0 Å². The molecule has 1 saturated heterocycles. The van der Waals surface area contributed by atoms with Gasteiger partial charge in [-0.05, 0) is 50.3 Å². The van der Waals surface area contributed by atoms with Crippen LogP contribution in [0.15, 0.2) is 18.2 Å². The number of piperidine rings is 1. The standard InChI is InChI=1S/C15H21N3O/c16-14-7-6-12(18-8-2-1-3-9-18)10-13(14)15(19)17-11-4-5-11/h6-7,10-11H,1-5,8-9,16H2,(H,17,19).